The fraction of sp³-hybridized carbons (Fsp3) is 0.0714. The van der Waals surface area contributed by atoms with Crippen LogP contribution < -0.4 is 29.8 Å². The summed E-state index contributed by atoms with van der Waals surface area (Å²) < 4.78 is 0. The van der Waals surface area contributed by atoms with Gasteiger partial charge in [-0.2, -0.15) is 74.3 Å². The number of rotatable bonds is 6. The topological polar surface area (TPSA) is 119 Å². The summed E-state index contributed by atoms with van der Waals surface area (Å²) in [5.41, 5.74) is 15.5. The maximum Gasteiger partial charge on any atom is 0.124 e. The zero-order valence-corrected chi connectivity index (χ0v) is 42.0. The summed E-state index contributed by atoms with van der Waals surface area (Å²) in [7, 11) is 4.06. The first-order valence-corrected chi connectivity index (χ1v) is 22.2. The Morgan fingerprint density at radius 1 is 0.457 bits per heavy atom. The van der Waals surface area contributed by atoms with Crippen LogP contribution in [0.5, 0.6) is 0 Å². The van der Waals surface area contributed by atoms with Crippen LogP contribution in [0.15, 0.2) is 183 Å². The van der Waals surface area contributed by atoms with Gasteiger partial charge in [-0.3, -0.25) is 9.97 Å². The third-order valence-corrected chi connectivity index (χ3v) is 13.6. The molecule has 4 aromatic carbocycles. The van der Waals surface area contributed by atoms with Crippen LogP contribution in [0.25, 0.3) is 22.3 Å². The van der Waals surface area contributed by atoms with Crippen molar-refractivity contribution in [2.75, 3.05) is 33.7 Å². The summed E-state index contributed by atoms with van der Waals surface area (Å²) in [5, 5.41) is 17.6. The first-order valence-electron chi connectivity index (χ1n) is 22.2. The van der Waals surface area contributed by atoms with Crippen molar-refractivity contribution < 1.29 is 42.1 Å². The molecular weight excluding hydrogens is 1230 g/mol. The van der Waals surface area contributed by atoms with Crippen LogP contribution >= 0.6 is 0 Å². The average Bonchev–Trinajstić information content (AvgIpc) is 4.28. The Hall–Kier alpha value is -7.52. The molecule has 2 unspecified atom stereocenters. The van der Waals surface area contributed by atoms with E-state index in [1.54, 1.807) is 12.4 Å². The molecule has 8 heterocycles. The molecule has 2 aliphatic carbocycles. The van der Waals surface area contributed by atoms with E-state index in [0.717, 1.165) is 90.3 Å². The Balaban J connectivity index is 0.000000148. The van der Waals surface area contributed by atoms with E-state index in [0.29, 0.717) is 0 Å². The van der Waals surface area contributed by atoms with Crippen molar-refractivity contribution in [3.8, 4) is 22.3 Å². The molecule has 6 aromatic heterocycles. The number of benzene rings is 4. The molecule has 4 aliphatic rings. The Bertz CT molecular complexity index is 3200. The predicted octanol–water partition coefficient (Wildman–Crippen LogP) is 9.39. The molecule has 2 aliphatic heterocycles. The van der Waals surface area contributed by atoms with Crippen LogP contribution in [0.2, 0.25) is 0 Å². The van der Waals surface area contributed by atoms with Gasteiger partial charge in [0.05, 0.1) is 10.8 Å². The summed E-state index contributed by atoms with van der Waals surface area (Å²) >= 11 is 0. The smallest absolute Gasteiger partial charge is 0.124 e. The number of hydrogen-bond donors (Lipinski definition) is 0. The van der Waals surface area contributed by atoms with Gasteiger partial charge in [0.2, 0.25) is 0 Å². The summed E-state index contributed by atoms with van der Waals surface area (Å²) in [6, 6.07) is 53.2. The van der Waals surface area contributed by atoms with Gasteiger partial charge in [0.1, 0.15) is 11.6 Å². The standard InChI is InChI=1S/2C28H19N6.2Pt/c2*1-33-18-34(27-25(33)10-5-13-30-27)20-7-4-6-19(16-20)28(26-12-15-31-32-26)23-9-3-2-8-21(23)22-11-14-29-17-24(22)28;;/h2*2-15,17-18H,1H3;;/q2*-3;;. The van der Waals surface area contributed by atoms with Gasteiger partial charge in [-0.05, 0) is 95.0 Å². The molecule has 0 bridgehead atoms. The Kier molecular flexibility index (Phi) is 11.4. The third kappa shape index (κ3) is 6.57. The average molecular weight is 1270 g/mol. The first-order chi connectivity index (χ1) is 33.6. The number of nitrogens with zero attached hydrogens (tertiary/aromatic N) is 12. The minimum Gasteiger partial charge on any atom is -0.581 e. The molecule has 14 heteroatoms. The summed E-state index contributed by atoms with van der Waals surface area (Å²) in [5.74, 6) is 1.77. The minimum absolute atomic E-state index is 0. The molecule has 14 rings (SSSR count). The SMILES string of the molecule is CN1[CH-]N(c2[c-]c(C3(c4cc[n-]n4)c4ccccc4-c4ccncc43)ccc2)c2ncccc21.CN1[CH-]N(c2[c-]c(C3(c4cc[n-]n4)c4ccccc4-c4ccncc43)ccc2)c2ncccc21.[Pt].[Pt]. The Morgan fingerprint density at radius 3 is 1.34 bits per heavy atom. The zero-order valence-electron chi connectivity index (χ0n) is 37.5. The third-order valence-electron chi connectivity index (χ3n) is 13.6. The van der Waals surface area contributed by atoms with Gasteiger partial charge in [-0.15, -0.1) is 22.5 Å². The van der Waals surface area contributed by atoms with Crippen molar-refractivity contribution in [3.05, 3.63) is 253 Å². The van der Waals surface area contributed by atoms with Crippen LogP contribution in [0.4, 0.5) is 34.4 Å². The van der Waals surface area contributed by atoms with Gasteiger partial charge in [-0.25, -0.2) is 9.97 Å². The van der Waals surface area contributed by atoms with Crippen molar-refractivity contribution in [2.24, 2.45) is 0 Å². The van der Waals surface area contributed by atoms with E-state index in [2.05, 4.69) is 181 Å². The summed E-state index contributed by atoms with van der Waals surface area (Å²) in [4.78, 5) is 26.6. The van der Waals surface area contributed by atoms with Gasteiger partial charge in [0.25, 0.3) is 0 Å². The van der Waals surface area contributed by atoms with Gasteiger partial charge in [-0.1, -0.05) is 60.7 Å². The monoisotopic (exact) mass is 1270 g/mol. The maximum absolute atomic E-state index is 4.63. The Labute approximate surface area is 434 Å². The molecule has 12 nitrogen and oxygen atoms in total. The van der Waals surface area contributed by atoms with Crippen molar-refractivity contribution in [1.82, 2.24) is 40.3 Å². The molecular formula is C56H38N12Pt2-6. The van der Waals surface area contributed by atoms with Gasteiger partial charge in [0, 0.05) is 102 Å². The second-order valence-electron chi connectivity index (χ2n) is 17.1. The molecule has 0 fully saturated rings. The van der Waals surface area contributed by atoms with E-state index < -0.39 is 10.8 Å². The van der Waals surface area contributed by atoms with E-state index in [9.17, 15) is 0 Å². The van der Waals surface area contributed by atoms with Gasteiger partial charge in [0.15, 0.2) is 0 Å². The van der Waals surface area contributed by atoms with Crippen molar-refractivity contribution in [2.45, 2.75) is 10.8 Å². The van der Waals surface area contributed by atoms with Gasteiger partial charge >= 0.3 is 0 Å². The molecule has 348 valence electrons. The minimum atomic E-state index is -0.661. The first kappa shape index (κ1) is 45.0. The predicted molar refractivity (Wildman–Crippen MR) is 261 cm³/mol. The molecule has 0 saturated heterocycles. The van der Waals surface area contributed by atoms with Crippen LogP contribution in [-0.2, 0) is 53.0 Å². The van der Waals surface area contributed by atoms with Crippen molar-refractivity contribution >= 4 is 34.4 Å². The normalized spacial score (nSPS) is 17.5. The molecule has 0 radical (unpaired) electrons. The molecule has 10 aromatic rings. The molecule has 0 N–H and O–H groups in total. The van der Waals surface area contributed by atoms with E-state index in [-0.39, 0.29) is 42.1 Å². The van der Waals surface area contributed by atoms with Gasteiger partial charge < -0.3 is 40.0 Å². The molecule has 0 amide bonds. The quantitative estimate of drug-likeness (QED) is 0.148. The number of fused-ring (bicyclic) bond motifs is 8. The summed E-state index contributed by atoms with van der Waals surface area (Å²) in [6.45, 7) is 4.08. The summed E-state index contributed by atoms with van der Waals surface area (Å²) in [6.07, 6.45) is 14.7. The van der Waals surface area contributed by atoms with Crippen LogP contribution in [0.1, 0.15) is 44.8 Å². The fourth-order valence-electron chi connectivity index (χ4n) is 10.8. The second-order valence-corrected chi connectivity index (χ2v) is 17.1. The zero-order chi connectivity index (χ0) is 45.4. The Morgan fingerprint density at radius 2 is 0.900 bits per heavy atom. The van der Waals surface area contributed by atoms with Crippen molar-refractivity contribution in [1.29, 1.82) is 0 Å². The number of pyridine rings is 4. The maximum atomic E-state index is 4.63. The fourth-order valence-corrected chi connectivity index (χ4v) is 10.8. The van der Waals surface area contributed by atoms with E-state index in [4.69, 9.17) is 0 Å². The van der Waals surface area contributed by atoms with Crippen LogP contribution in [0.3, 0.4) is 0 Å². The largest absolute Gasteiger partial charge is 0.581 e. The molecule has 2 atom stereocenters. The van der Waals surface area contributed by atoms with E-state index >= 15 is 0 Å². The number of hydrogen-bond acceptors (Lipinski definition) is 10. The second kappa shape index (κ2) is 17.8. The molecule has 0 saturated carbocycles. The number of anilines is 6. The van der Waals surface area contributed by atoms with E-state index in [1.165, 1.54) is 11.1 Å². The molecule has 0 spiro atoms. The van der Waals surface area contributed by atoms with Crippen LogP contribution in [0, 0.1) is 25.5 Å². The van der Waals surface area contributed by atoms with E-state index in [1.807, 2.05) is 88.9 Å². The van der Waals surface area contributed by atoms with Crippen molar-refractivity contribution in [3.63, 3.8) is 0 Å². The van der Waals surface area contributed by atoms with Crippen LogP contribution in [-0.4, -0.2) is 44.2 Å². The molecule has 70 heavy (non-hydrogen) atoms. The number of aromatic nitrogens is 8.